The van der Waals surface area contributed by atoms with Crippen LogP contribution in [-0.4, -0.2) is 22.3 Å². The van der Waals surface area contributed by atoms with Crippen molar-refractivity contribution in [3.8, 4) is 5.75 Å². The van der Waals surface area contributed by atoms with Crippen LogP contribution in [0.5, 0.6) is 5.75 Å². The highest BCUT2D eigenvalue weighted by atomic mass is 16.6. The van der Waals surface area contributed by atoms with Gasteiger partial charge in [-0.15, -0.1) is 0 Å². The molecule has 0 N–H and O–H groups in total. The van der Waals surface area contributed by atoms with E-state index in [2.05, 4.69) is 4.98 Å². The quantitative estimate of drug-likeness (QED) is 0.541. The van der Waals surface area contributed by atoms with Crippen LogP contribution in [0.3, 0.4) is 0 Å². The third-order valence-corrected chi connectivity index (χ3v) is 1.64. The Kier molecular flexibility index (Phi) is 3.73. The van der Waals surface area contributed by atoms with Crippen molar-refractivity contribution in [2.24, 2.45) is 0 Å². The molecule has 1 heterocycles. The molecular formula is C9H10N2O4. The molecule has 15 heavy (non-hydrogen) atoms. The first-order valence-corrected chi connectivity index (χ1v) is 4.33. The summed E-state index contributed by atoms with van der Waals surface area (Å²) in [5.41, 5.74) is 0. The van der Waals surface area contributed by atoms with Gasteiger partial charge in [0.2, 0.25) is 5.75 Å². The fourth-order valence-electron chi connectivity index (χ4n) is 0.937. The lowest BCUT2D eigenvalue weighted by Gasteiger charge is -2.03. The third-order valence-electron chi connectivity index (χ3n) is 1.64. The zero-order chi connectivity index (χ0) is 11.3. The van der Waals surface area contributed by atoms with E-state index in [9.17, 15) is 14.9 Å². The van der Waals surface area contributed by atoms with Crippen molar-refractivity contribution in [2.45, 2.75) is 13.3 Å². The Hall–Kier alpha value is -1.98. The highest BCUT2D eigenvalue weighted by Gasteiger charge is 2.15. The Morgan fingerprint density at radius 2 is 2.40 bits per heavy atom. The highest BCUT2D eigenvalue weighted by molar-refractivity contribution is 5.75. The van der Waals surface area contributed by atoms with E-state index in [-0.39, 0.29) is 30.4 Å². The average molecular weight is 210 g/mol. The molecule has 0 aromatic carbocycles. The van der Waals surface area contributed by atoms with Crippen molar-refractivity contribution < 1.29 is 14.5 Å². The van der Waals surface area contributed by atoms with Crippen LogP contribution in [-0.2, 0) is 4.79 Å². The summed E-state index contributed by atoms with van der Waals surface area (Å²) in [6, 6.07) is 2.99. The second-order valence-electron chi connectivity index (χ2n) is 2.88. The lowest BCUT2D eigenvalue weighted by atomic mass is 10.3. The lowest BCUT2D eigenvalue weighted by Crippen LogP contribution is -2.05. The second kappa shape index (κ2) is 5.04. The maximum atomic E-state index is 10.6. The van der Waals surface area contributed by atoms with E-state index in [4.69, 9.17) is 4.74 Å². The van der Waals surface area contributed by atoms with Crippen LogP contribution in [0, 0.1) is 10.1 Å². The number of carbonyl (C=O) groups excluding carboxylic acids is 1. The molecule has 6 nitrogen and oxygen atoms in total. The predicted molar refractivity (Wildman–Crippen MR) is 51.7 cm³/mol. The van der Waals surface area contributed by atoms with Crippen LogP contribution in [0.1, 0.15) is 13.3 Å². The van der Waals surface area contributed by atoms with Gasteiger partial charge in [0.1, 0.15) is 12.0 Å². The largest absolute Gasteiger partial charge is 0.485 e. The molecule has 1 rings (SSSR count). The fraction of sp³-hybridized carbons (Fsp3) is 0.333. The molecule has 0 aliphatic heterocycles. The molecule has 0 fully saturated rings. The topological polar surface area (TPSA) is 82.3 Å². The molecule has 80 valence electrons. The smallest absolute Gasteiger partial charge is 0.406 e. The van der Waals surface area contributed by atoms with E-state index in [0.29, 0.717) is 0 Å². The SMILES string of the molecule is CC(=O)CCOc1cccnc1[N+](=O)[O-]. The summed E-state index contributed by atoms with van der Waals surface area (Å²) in [7, 11) is 0. The lowest BCUT2D eigenvalue weighted by molar-refractivity contribution is -0.390. The van der Waals surface area contributed by atoms with Crippen LogP contribution < -0.4 is 4.74 Å². The normalized spacial score (nSPS) is 9.67. The molecule has 0 saturated heterocycles. The maximum Gasteiger partial charge on any atom is 0.406 e. The number of ketones is 1. The van der Waals surface area contributed by atoms with Crippen molar-refractivity contribution in [3.05, 3.63) is 28.4 Å². The summed E-state index contributed by atoms with van der Waals surface area (Å²) in [6.45, 7) is 1.56. The molecule has 1 aromatic rings. The van der Waals surface area contributed by atoms with Crippen LogP contribution in [0.2, 0.25) is 0 Å². The Bertz CT molecular complexity index is 378. The summed E-state index contributed by atoms with van der Waals surface area (Å²) < 4.78 is 5.08. The minimum Gasteiger partial charge on any atom is -0.485 e. The molecule has 0 amide bonds. The number of rotatable bonds is 5. The number of aromatic nitrogens is 1. The van der Waals surface area contributed by atoms with Crippen molar-refractivity contribution in [2.75, 3.05) is 6.61 Å². The number of nitro groups is 1. The summed E-state index contributed by atoms with van der Waals surface area (Å²) in [4.78, 5) is 24.1. The summed E-state index contributed by atoms with van der Waals surface area (Å²) in [5, 5.41) is 10.5. The van der Waals surface area contributed by atoms with E-state index >= 15 is 0 Å². The van der Waals surface area contributed by atoms with Gasteiger partial charge < -0.3 is 14.9 Å². The molecule has 6 heteroatoms. The van der Waals surface area contributed by atoms with E-state index < -0.39 is 4.92 Å². The zero-order valence-electron chi connectivity index (χ0n) is 8.17. The fourth-order valence-corrected chi connectivity index (χ4v) is 0.937. The van der Waals surface area contributed by atoms with Crippen LogP contribution >= 0.6 is 0 Å². The van der Waals surface area contributed by atoms with E-state index in [0.717, 1.165) is 0 Å². The third kappa shape index (κ3) is 3.34. The van der Waals surface area contributed by atoms with E-state index in [1.165, 1.54) is 25.3 Å². The number of carbonyl (C=O) groups is 1. The molecule has 0 aliphatic rings. The standard InChI is InChI=1S/C9H10N2O4/c1-7(12)4-6-15-8-3-2-5-10-9(8)11(13)14/h2-3,5H,4,6H2,1H3. The van der Waals surface area contributed by atoms with Crippen LogP contribution in [0.4, 0.5) is 5.82 Å². The molecule has 0 unspecified atom stereocenters. The van der Waals surface area contributed by atoms with Gasteiger partial charge in [-0.25, -0.2) is 0 Å². The molecule has 0 aliphatic carbocycles. The molecule has 0 spiro atoms. The van der Waals surface area contributed by atoms with Crippen LogP contribution in [0.15, 0.2) is 18.3 Å². The first-order valence-electron chi connectivity index (χ1n) is 4.33. The Labute approximate surface area is 86.0 Å². The van der Waals surface area contributed by atoms with Gasteiger partial charge in [0.15, 0.2) is 0 Å². The van der Waals surface area contributed by atoms with Gasteiger partial charge in [0.25, 0.3) is 0 Å². The number of Topliss-reactive ketones (excluding diaryl/α,β-unsaturated/α-hetero) is 1. The summed E-state index contributed by atoms with van der Waals surface area (Å²) >= 11 is 0. The number of hydrogen-bond donors (Lipinski definition) is 0. The van der Waals surface area contributed by atoms with Gasteiger partial charge in [0.05, 0.1) is 6.61 Å². The van der Waals surface area contributed by atoms with Gasteiger partial charge in [-0.05, 0) is 29.0 Å². The number of pyridine rings is 1. The summed E-state index contributed by atoms with van der Waals surface area (Å²) in [5.74, 6) is -0.272. The second-order valence-corrected chi connectivity index (χ2v) is 2.88. The summed E-state index contributed by atoms with van der Waals surface area (Å²) in [6.07, 6.45) is 1.54. The van der Waals surface area contributed by atoms with Crippen molar-refractivity contribution >= 4 is 11.6 Å². The van der Waals surface area contributed by atoms with Gasteiger partial charge in [-0.2, -0.15) is 0 Å². The molecular weight excluding hydrogens is 200 g/mol. The molecule has 0 radical (unpaired) electrons. The number of hydrogen-bond acceptors (Lipinski definition) is 5. The number of nitrogens with zero attached hydrogens (tertiary/aromatic N) is 2. The van der Waals surface area contributed by atoms with Crippen LogP contribution in [0.25, 0.3) is 0 Å². The van der Waals surface area contributed by atoms with E-state index in [1.54, 1.807) is 0 Å². The first-order chi connectivity index (χ1) is 7.11. The first kappa shape index (κ1) is 11.1. The van der Waals surface area contributed by atoms with E-state index in [1.807, 2.05) is 0 Å². The average Bonchev–Trinajstić information content (AvgIpc) is 2.17. The van der Waals surface area contributed by atoms with Gasteiger partial charge in [-0.1, -0.05) is 0 Å². The number of ether oxygens (including phenoxy) is 1. The zero-order valence-corrected chi connectivity index (χ0v) is 8.17. The minimum atomic E-state index is -0.622. The molecule has 0 atom stereocenters. The minimum absolute atomic E-state index is 0.0263. The van der Waals surface area contributed by atoms with Crippen molar-refractivity contribution in [1.82, 2.24) is 4.98 Å². The predicted octanol–water partition coefficient (Wildman–Crippen LogP) is 1.35. The highest BCUT2D eigenvalue weighted by Crippen LogP contribution is 2.22. The Morgan fingerprint density at radius 1 is 1.67 bits per heavy atom. The van der Waals surface area contributed by atoms with Crippen molar-refractivity contribution in [3.63, 3.8) is 0 Å². The maximum absolute atomic E-state index is 10.6. The van der Waals surface area contributed by atoms with Crippen molar-refractivity contribution in [1.29, 1.82) is 0 Å². The monoisotopic (exact) mass is 210 g/mol. The molecule has 0 bridgehead atoms. The van der Waals surface area contributed by atoms with Gasteiger partial charge in [-0.3, -0.25) is 4.79 Å². The Morgan fingerprint density at radius 3 is 3.00 bits per heavy atom. The van der Waals surface area contributed by atoms with Gasteiger partial charge >= 0.3 is 5.82 Å². The van der Waals surface area contributed by atoms with Gasteiger partial charge in [0, 0.05) is 6.42 Å². The Balaban J connectivity index is 2.67. The molecule has 0 saturated carbocycles. The molecule has 1 aromatic heterocycles.